The molecular formula is C14H13N3O3. The first-order chi connectivity index (χ1) is 9.61. The monoisotopic (exact) mass is 271 g/mol. The van der Waals surface area contributed by atoms with Crippen LogP contribution in [0.5, 0.6) is 0 Å². The Labute approximate surface area is 115 Å². The second-order valence-electron chi connectivity index (χ2n) is 4.08. The number of aromatic nitrogens is 2. The number of hydrogen-bond acceptors (Lipinski definition) is 4. The van der Waals surface area contributed by atoms with E-state index in [4.69, 9.17) is 0 Å². The number of carbonyl (C=O) groups excluding carboxylic acids is 1. The molecule has 2 aromatic rings. The lowest BCUT2D eigenvalue weighted by molar-refractivity contribution is -0.384. The summed E-state index contributed by atoms with van der Waals surface area (Å²) < 4.78 is 1.61. The van der Waals surface area contributed by atoms with Crippen LogP contribution in [0.2, 0.25) is 0 Å². The molecule has 0 saturated heterocycles. The predicted molar refractivity (Wildman–Crippen MR) is 74.4 cm³/mol. The highest BCUT2D eigenvalue weighted by atomic mass is 16.6. The molecule has 0 atom stereocenters. The quantitative estimate of drug-likeness (QED) is 0.362. The van der Waals surface area contributed by atoms with Crippen LogP contribution in [0.25, 0.3) is 6.08 Å². The van der Waals surface area contributed by atoms with Crippen LogP contribution in [-0.4, -0.2) is 20.5 Å². The van der Waals surface area contributed by atoms with Crippen molar-refractivity contribution in [2.24, 2.45) is 0 Å². The summed E-state index contributed by atoms with van der Waals surface area (Å²) in [5, 5.41) is 14.6. The van der Waals surface area contributed by atoms with E-state index >= 15 is 0 Å². The van der Waals surface area contributed by atoms with E-state index in [1.54, 1.807) is 35.2 Å². The van der Waals surface area contributed by atoms with E-state index in [0.717, 1.165) is 5.56 Å². The summed E-state index contributed by atoms with van der Waals surface area (Å²) in [7, 11) is 0. The maximum absolute atomic E-state index is 12.0. The topological polar surface area (TPSA) is 78.0 Å². The lowest BCUT2D eigenvalue weighted by Gasteiger charge is -2.00. The molecule has 6 nitrogen and oxygen atoms in total. The van der Waals surface area contributed by atoms with Gasteiger partial charge in [-0.1, -0.05) is 6.08 Å². The highest BCUT2D eigenvalue weighted by molar-refractivity contribution is 6.05. The number of aryl methyl sites for hydroxylation is 1. The molecule has 0 unspecified atom stereocenters. The largest absolute Gasteiger partial charge is 0.288 e. The Balaban J connectivity index is 2.13. The van der Waals surface area contributed by atoms with Gasteiger partial charge in [0, 0.05) is 24.9 Å². The second-order valence-corrected chi connectivity index (χ2v) is 4.08. The molecule has 0 aliphatic carbocycles. The van der Waals surface area contributed by atoms with Crippen LogP contribution in [-0.2, 0) is 6.54 Å². The molecule has 0 spiro atoms. The highest BCUT2D eigenvalue weighted by Gasteiger charge is 2.07. The van der Waals surface area contributed by atoms with Gasteiger partial charge < -0.3 is 0 Å². The number of nitrogens with zero attached hydrogens (tertiary/aromatic N) is 3. The van der Waals surface area contributed by atoms with Crippen molar-refractivity contribution in [3.63, 3.8) is 0 Å². The van der Waals surface area contributed by atoms with Crippen molar-refractivity contribution < 1.29 is 9.72 Å². The van der Waals surface area contributed by atoms with Crippen molar-refractivity contribution in [3.8, 4) is 0 Å². The van der Waals surface area contributed by atoms with Gasteiger partial charge in [0.2, 0.25) is 5.78 Å². The van der Waals surface area contributed by atoms with Gasteiger partial charge in [0.15, 0.2) is 0 Å². The van der Waals surface area contributed by atoms with Gasteiger partial charge in [-0.05, 0) is 36.8 Å². The SMILES string of the molecule is CCn1nccc1C(=O)/C=C/c1ccc([N+](=O)[O-])cc1. The molecule has 1 heterocycles. The van der Waals surface area contributed by atoms with E-state index in [1.807, 2.05) is 6.92 Å². The molecule has 0 fully saturated rings. The molecule has 1 aromatic heterocycles. The average Bonchev–Trinajstić information content (AvgIpc) is 2.93. The number of rotatable bonds is 5. The smallest absolute Gasteiger partial charge is 0.269 e. The van der Waals surface area contributed by atoms with E-state index in [9.17, 15) is 14.9 Å². The van der Waals surface area contributed by atoms with E-state index < -0.39 is 4.92 Å². The molecule has 0 N–H and O–H groups in total. The fourth-order valence-electron chi connectivity index (χ4n) is 1.76. The van der Waals surface area contributed by atoms with Crippen molar-refractivity contribution in [3.05, 3.63) is 64.0 Å². The Morgan fingerprint density at radius 1 is 1.35 bits per heavy atom. The van der Waals surface area contributed by atoms with Gasteiger partial charge in [0.05, 0.1) is 4.92 Å². The zero-order chi connectivity index (χ0) is 14.5. The minimum Gasteiger partial charge on any atom is -0.288 e. The molecule has 1 aromatic carbocycles. The van der Waals surface area contributed by atoms with Crippen molar-refractivity contribution >= 4 is 17.5 Å². The van der Waals surface area contributed by atoms with Crippen LogP contribution in [0.3, 0.4) is 0 Å². The van der Waals surface area contributed by atoms with Crippen LogP contribution in [0.4, 0.5) is 5.69 Å². The van der Waals surface area contributed by atoms with E-state index in [2.05, 4.69) is 5.10 Å². The first-order valence-electron chi connectivity index (χ1n) is 6.10. The van der Waals surface area contributed by atoms with E-state index in [0.29, 0.717) is 12.2 Å². The molecule has 0 radical (unpaired) electrons. The van der Waals surface area contributed by atoms with Gasteiger partial charge in [-0.2, -0.15) is 5.10 Å². The first kappa shape index (κ1) is 13.7. The molecular weight excluding hydrogens is 258 g/mol. The average molecular weight is 271 g/mol. The zero-order valence-electron chi connectivity index (χ0n) is 10.9. The van der Waals surface area contributed by atoms with Gasteiger partial charge in [-0.3, -0.25) is 19.6 Å². The fraction of sp³-hybridized carbons (Fsp3) is 0.143. The second kappa shape index (κ2) is 5.92. The van der Waals surface area contributed by atoms with Crippen molar-refractivity contribution in [1.82, 2.24) is 9.78 Å². The molecule has 2 rings (SSSR count). The van der Waals surface area contributed by atoms with Crippen LogP contribution < -0.4 is 0 Å². The minimum absolute atomic E-state index is 0.0255. The molecule has 0 aliphatic rings. The van der Waals surface area contributed by atoms with Crippen LogP contribution >= 0.6 is 0 Å². The lowest BCUT2D eigenvalue weighted by Crippen LogP contribution is -2.07. The maximum Gasteiger partial charge on any atom is 0.269 e. The molecule has 0 bridgehead atoms. The number of nitro groups is 1. The van der Waals surface area contributed by atoms with Gasteiger partial charge in [-0.15, -0.1) is 0 Å². The normalized spacial score (nSPS) is 10.8. The number of carbonyl (C=O) groups is 1. The molecule has 0 aliphatic heterocycles. The van der Waals surface area contributed by atoms with Gasteiger partial charge in [-0.25, -0.2) is 0 Å². The third kappa shape index (κ3) is 2.97. The van der Waals surface area contributed by atoms with Gasteiger partial charge >= 0.3 is 0 Å². The van der Waals surface area contributed by atoms with Crippen molar-refractivity contribution in [2.75, 3.05) is 0 Å². The van der Waals surface area contributed by atoms with E-state index in [-0.39, 0.29) is 11.5 Å². The molecule has 20 heavy (non-hydrogen) atoms. The summed E-state index contributed by atoms with van der Waals surface area (Å²) in [5.41, 5.74) is 1.27. The summed E-state index contributed by atoms with van der Waals surface area (Å²) in [4.78, 5) is 22.0. The number of allylic oxidation sites excluding steroid dienone is 1. The summed E-state index contributed by atoms with van der Waals surface area (Å²) in [6, 6.07) is 7.66. The van der Waals surface area contributed by atoms with Gasteiger partial charge in [0.25, 0.3) is 5.69 Å². The summed E-state index contributed by atoms with van der Waals surface area (Å²) >= 11 is 0. The first-order valence-corrected chi connectivity index (χ1v) is 6.10. The van der Waals surface area contributed by atoms with Crippen LogP contribution in [0.1, 0.15) is 23.0 Å². The minimum atomic E-state index is -0.460. The standard InChI is InChI=1S/C14H13N3O3/c1-2-16-13(9-10-15-16)14(18)8-5-11-3-6-12(7-4-11)17(19)20/h3-10H,2H2,1H3/b8-5+. The summed E-state index contributed by atoms with van der Waals surface area (Å²) in [6.07, 6.45) is 4.64. The predicted octanol–water partition coefficient (Wildman–Crippen LogP) is 2.71. The Morgan fingerprint density at radius 2 is 2.05 bits per heavy atom. The van der Waals surface area contributed by atoms with Gasteiger partial charge in [0.1, 0.15) is 5.69 Å². The van der Waals surface area contributed by atoms with Crippen LogP contribution in [0.15, 0.2) is 42.6 Å². The Bertz CT molecular complexity index is 657. The number of ketones is 1. The Hall–Kier alpha value is -2.76. The highest BCUT2D eigenvalue weighted by Crippen LogP contribution is 2.13. The van der Waals surface area contributed by atoms with Crippen molar-refractivity contribution in [1.29, 1.82) is 0 Å². The molecule has 6 heteroatoms. The number of benzene rings is 1. The summed E-state index contributed by atoms with van der Waals surface area (Å²) in [6.45, 7) is 2.53. The fourth-order valence-corrected chi connectivity index (χ4v) is 1.76. The van der Waals surface area contributed by atoms with Crippen molar-refractivity contribution in [2.45, 2.75) is 13.5 Å². The summed E-state index contributed by atoms with van der Waals surface area (Å²) in [5.74, 6) is -0.150. The van der Waals surface area contributed by atoms with Crippen LogP contribution in [0, 0.1) is 10.1 Å². The number of hydrogen-bond donors (Lipinski definition) is 0. The molecule has 102 valence electrons. The molecule has 0 amide bonds. The third-order valence-electron chi connectivity index (χ3n) is 2.80. The third-order valence-corrected chi connectivity index (χ3v) is 2.80. The zero-order valence-corrected chi connectivity index (χ0v) is 10.9. The lowest BCUT2D eigenvalue weighted by atomic mass is 10.1. The Morgan fingerprint density at radius 3 is 2.65 bits per heavy atom. The number of nitro benzene ring substituents is 1. The maximum atomic E-state index is 12.0. The molecule has 0 saturated carbocycles. The van der Waals surface area contributed by atoms with E-state index in [1.165, 1.54) is 18.2 Å². The number of non-ortho nitro benzene ring substituents is 1. The Kier molecular flexibility index (Phi) is 4.05.